The van der Waals surface area contributed by atoms with Gasteiger partial charge in [0.05, 0.1) is 62.4 Å². The number of hydrogen-bond acceptors (Lipinski definition) is 21. The average Bonchev–Trinajstić information content (AvgIpc) is 1.76. The topological polar surface area (TPSA) is 320 Å². The van der Waals surface area contributed by atoms with Crippen molar-refractivity contribution in [1.82, 2.24) is 5.32 Å². The third-order valence-electron chi connectivity index (χ3n) is 21.1. The largest absolute Gasteiger partial charge is 0.511 e. The number of fused-ring (bicyclic) bond motifs is 4. The molecule has 7 fully saturated rings. The predicted octanol–water partition coefficient (Wildman–Crippen LogP) is 6.11. The van der Waals surface area contributed by atoms with Crippen LogP contribution in [0.25, 0.3) is 0 Å². The van der Waals surface area contributed by atoms with Gasteiger partial charge in [0.15, 0.2) is 30.8 Å². The van der Waals surface area contributed by atoms with Crippen LogP contribution in [0, 0.1) is 68.8 Å². The Labute approximate surface area is 499 Å². The maximum Gasteiger partial charge on any atom is 0.407 e. The highest BCUT2D eigenvalue weighted by atomic mass is 16.7. The monoisotopic (exact) mass is 1210 g/mol. The molecule has 27 atom stereocenters. The lowest BCUT2D eigenvalue weighted by atomic mass is 9.47. The summed E-state index contributed by atoms with van der Waals surface area (Å²) in [6.45, 7) is 21.6. The van der Waals surface area contributed by atoms with Crippen molar-refractivity contribution in [1.29, 1.82) is 0 Å². The minimum atomic E-state index is -1.94. The number of nitrogens with one attached hydrogen (secondary N) is 1. The summed E-state index contributed by atoms with van der Waals surface area (Å²) in [7, 11) is 2.66. The molecule has 85 heavy (non-hydrogen) atoms. The Balaban J connectivity index is 1.08. The number of rotatable bonds is 16. The van der Waals surface area contributed by atoms with Gasteiger partial charge >= 0.3 is 12.1 Å². The van der Waals surface area contributed by atoms with Gasteiger partial charge in [0.25, 0.3) is 0 Å². The lowest BCUT2D eigenvalue weighted by Crippen LogP contribution is -2.59. The van der Waals surface area contributed by atoms with Crippen LogP contribution in [0.15, 0.2) is 34.6 Å². The second kappa shape index (κ2) is 26.8. The Hall–Kier alpha value is -3.69. The minimum absolute atomic E-state index is 0.0180. The van der Waals surface area contributed by atoms with Crippen LogP contribution >= 0.6 is 0 Å². The lowest BCUT2D eigenvalue weighted by molar-refractivity contribution is -0.576. The molecule has 8 rings (SSSR count). The molecule has 8 aliphatic rings. The van der Waals surface area contributed by atoms with Crippen LogP contribution in [-0.4, -0.2) is 184 Å². The van der Waals surface area contributed by atoms with E-state index in [1.807, 2.05) is 26.8 Å². The molecule has 4 heterocycles. The zero-order valence-electron chi connectivity index (χ0n) is 52.1. The SMILES string of the molecule is COC(=O)NC(C(C)C)C(C)(CC(O)O[C@H]1C/C=C(\C)[C@@H]2CC[C@@H]3[C@@H](OC4CC(OC5CC(O)C(OC6CC(O)C(OC)C(C)O6)C(C)O5)C(O)C(C)O4)[C@@H](C)C[C@H](C)[C@H]3[C@]2(C)C(O)=C2C(=O)O[C@]3(C[C@@H](C)C(CO)C[C@H]3/C=C/1C)C2=O)[N+](=O)[O-]. The first kappa shape index (κ1) is 67.2. The van der Waals surface area contributed by atoms with Crippen LogP contribution in [-0.2, 0) is 57.0 Å². The molecule has 16 unspecified atom stereocenters. The molecular weight excluding hydrogens is 1110 g/mol. The molecule has 1 amide bonds. The molecule has 23 heteroatoms. The zero-order valence-corrected chi connectivity index (χ0v) is 52.1. The molecule has 1 spiro atoms. The number of alkyl carbamates (subject to hydrolysis) is 1. The Bertz CT molecular complexity index is 2470. The fourth-order valence-electron chi connectivity index (χ4n) is 16.7. The maximum atomic E-state index is 15.6. The number of aliphatic hydroxyl groups excluding tert-OH is 6. The highest BCUT2D eigenvalue weighted by molar-refractivity contribution is 6.26. The fourth-order valence-corrected chi connectivity index (χ4v) is 16.7. The maximum absolute atomic E-state index is 15.6. The van der Waals surface area contributed by atoms with Crippen molar-refractivity contribution in [3.63, 3.8) is 0 Å². The van der Waals surface area contributed by atoms with Crippen molar-refractivity contribution in [3.05, 3.63) is 44.7 Å². The summed E-state index contributed by atoms with van der Waals surface area (Å²) < 4.78 is 61.5. The Morgan fingerprint density at radius 2 is 1.46 bits per heavy atom. The number of aliphatic hydroxyl groups is 6. The normalized spacial score (nSPS) is 45.3. The van der Waals surface area contributed by atoms with Crippen molar-refractivity contribution < 1.29 is 97.3 Å². The van der Waals surface area contributed by atoms with E-state index in [1.54, 1.807) is 47.6 Å². The van der Waals surface area contributed by atoms with E-state index in [0.717, 1.165) is 12.7 Å². The van der Waals surface area contributed by atoms with Crippen molar-refractivity contribution >= 4 is 17.8 Å². The van der Waals surface area contributed by atoms with E-state index < -0.39 is 173 Å². The lowest BCUT2D eigenvalue weighted by Gasteiger charge is -2.59. The molecule has 4 aliphatic carbocycles. The summed E-state index contributed by atoms with van der Waals surface area (Å²) in [6.07, 6.45) is -7.97. The van der Waals surface area contributed by atoms with E-state index >= 15 is 4.79 Å². The van der Waals surface area contributed by atoms with Crippen molar-refractivity contribution in [2.24, 2.45) is 58.7 Å². The van der Waals surface area contributed by atoms with Crippen LogP contribution in [0.3, 0.4) is 0 Å². The minimum Gasteiger partial charge on any atom is -0.511 e. The number of allylic oxidation sites excluding steroid dienone is 2. The molecule has 0 aromatic heterocycles. The predicted molar refractivity (Wildman–Crippen MR) is 304 cm³/mol. The van der Waals surface area contributed by atoms with Crippen molar-refractivity contribution in [3.8, 4) is 0 Å². The van der Waals surface area contributed by atoms with E-state index in [1.165, 1.54) is 14.0 Å². The molecule has 4 saturated heterocycles. The number of hydrogen-bond donors (Lipinski definition) is 7. The molecule has 482 valence electrons. The molecule has 0 aromatic rings. The highest BCUT2D eigenvalue weighted by Gasteiger charge is 2.65. The standard InChI is InChI=1S/C62H98N2O21/c1-28(2)55(63-59(73)77-14)60(11,64(74)75)26-45(68)81-43-18-15-29(3)40-17-16-39-50(61(40,12)56(70)49-57(71)62(85-58(49)72)25-33(7)37(27-65)21-38(62)20-30(43)4)31(5)19-32(6)52(39)83-48-24-44(51(69)34(8)78-48)82-46-23-42(67)54(36(10)80-46)84-47-22-41(66)53(76-13)35(9)79-47/h15,20,28,31-48,50-55,65-70H,16-19,21-27H2,1-14H3,(H,63,73)/b29-15+,30-20+,56-49?/t31-,32-,33+,34?,35?,36?,37?,38+,39-,40-,41?,42?,43-,44?,45?,46?,47?,48?,50+,51?,52-,53?,54?,55?,60?,61+,62-/m0/s1. The van der Waals surface area contributed by atoms with Crippen LogP contribution in [0.4, 0.5) is 4.79 Å². The highest BCUT2D eigenvalue weighted by Crippen LogP contribution is 2.63. The van der Waals surface area contributed by atoms with Gasteiger partial charge in [-0.15, -0.1) is 0 Å². The van der Waals surface area contributed by atoms with Gasteiger partial charge in [-0.3, -0.25) is 14.9 Å². The summed E-state index contributed by atoms with van der Waals surface area (Å²) in [5.41, 5.74) is -4.02. The molecule has 2 bridgehead atoms. The fraction of sp³-hybridized carbons (Fsp3) is 0.855. The number of nitro groups is 1. The first-order chi connectivity index (χ1) is 39.9. The first-order valence-electron chi connectivity index (χ1n) is 30.9. The van der Waals surface area contributed by atoms with E-state index in [9.17, 15) is 50.3 Å². The zero-order chi connectivity index (χ0) is 62.5. The van der Waals surface area contributed by atoms with Gasteiger partial charge in [-0.25, -0.2) is 9.59 Å². The number of Topliss-reactive ketones (excluding diaryl/α,β-unsaturated/α-hetero) is 1. The summed E-state index contributed by atoms with van der Waals surface area (Å²) in [5.74, 6) is -5.04. The van der Waals surface area contributed by atoms with Crippen LogP contribution in [0.1, 0.15) is 147 Å². The molecule has 0 aromatic carbocycles. The van der Waals surface area contributed by atoms with Gasteiger partial charge in [0.1, 0.15) is 35.7 Å². The second-order valence-corrected chi connectivity index (χ2v) is 27.2. The number of ketones is 1. The number of carbonyl (C=O) groups is 3. The number of carbonyl (C=O) groups excluding carboxylic acids is 3. The average molecular weight is 1210 g/mol. The van der Waals surface area contributed by atoms with Crippen molar-refractivity contribution in [2.45, 2.75) is 257 Å². The van der Waals surface area contributed by atoms with Gasteiger partial charge in [0, 0.05) is 56.2 Å². The number of amides is 1. The van der Waals surface area contributed by atoms with Gasteiger partial charge in [-0.1, -0.05) is 59.3 Å². The second-order valence-electron chi connectivity index (χ2n) is 27.2. The summed E-state index contributed by atoms with van der Waals surface area (Å²) in [4.78, 5) is 55.2. The number of nitrogens with zero attached hydrogens (tertiary/aromatic N) is 1. The summed E-state index contributed by atoms with van der Waals surface area (Å²) >= 11 is 0. The van der Waals surface area contributed by atoms with E-state index in [0.29, 0.717) is 24.8 Å². The first-order valence-corrected chi connectivity index (χ1v) is 30.9. The molecule has 23 nitrogen and oxygen atoms in total. The van der Waals surface area contributed by atoms with Gasteiger partial charge in [-0.05, 0) is 126 Å². The number of methoxy groups -OCH3 is 2. The molecule has 3 saturated carbocycles. The third kappa shape index (κ3) is 13.2. The van der Waals surface area contributed by atoms with Gasteiger partial charge in [0.2, 0.25) is 11.3 Å². The van der Waals surface area contributed by atoms with E-state index in [2.05, 4.69) is 19.2 Å². The Kier molecular flexibility index (Phi) is 21.2. The summed E-state index contributed by atoms with van der Waals surface area (Å²) in [5, 5.41) is 85.0. The van der Waals surface area contributed by atoms with Gasteiger partial charge < -0.3 is 83.3 Å². The third-order valence-corrected chi connectivity index (χ3v) is 21.1. The van der Waals surface area contributed by atoms with Crippen LogP contribution in [0.2, 0.25) is 0 Å². The van der Waals surface area contributed by atoms with Crippen LogP contribution < -0.4 is 5.32 Å². The van der Waals surface area contributed by atoms with Crippen molar-refractivity contribution in [2.75, 3.05) is 20.8 Å². The number of esters is 1. The smallest absolute Gasteiger partial charge is 0.407 e. The molecule has 4 aliphatic heterocycles. The Morgan fingerprint density at radius 3 is 2.06 bits per heavy atom. The van der Waals surface area contributed by atoms with E-state index in [-0.39, 0.29) is 80.5 Å². The quantitative estimate of drug-likeness (QED) is 0.0229. The molecular formula is C62H98N2O21. The van der Waals surface area contributed by atoms with Crippen LogP contribution in [0.5, 0.6) is 0 Å². The van der Waals surface area contributed by atoms with E-state index in [4.69, 9.17) is 47.4 Å². The van der Waals surface area contributed by atoms with Gasteiger partial charge in [-0.2, -0.15) is 0 Å². The number of ether oxygens (including phenoxy) is 10. The summed E-state index contributed by atoms with van der Waals surface area (Å²) in [6, 6.07) is -1.09. The Morgan fingerprint density at radius 1 is 0.847 bits per heavy atom. The molecule has 7 N–H and O–H groups in total. The molecule has 0 radical (unpaired) electrons.